The number of allylic oxidation sites excluding steroid dienone is 1. The van der Waals surface area contributed by atoms with Gasteiger partial charge in [-0.1, -0.05) is 24.3 Å². The first-order valence-electron chi connectivity index (χ1n) is 9.31. The van der Waals surface area contributed by atoms with Crippen LogP contribution in [-0.2, 0) is 13.0 Å². The first kappa shape index (κ1) is 18.5. The van der Waals surface area contributed by atoms with Gasteiger partial charge < -0.3 is 9.47 Å². The molecule has 0 saturated heterocycles. The van der Waals surface area contributed by atoms with Gasteiger partial charge in [0.05, 0.1) is 5.70 Å². The molecule has 4 rings (SSSR count). The van der Waals surface area contributed by atoms with Crippen molar-refractivity contribution in [2.45, 2.75) is 32.2 Å². The smallest absolute Gasteiger partial charge is 0.177 e. The second-order valence-corrected chi connectivity index (χ2v) is 7.58. The van der Waals surface area contributed by atoms with Gasteiger partial charge in [0.15, 0.2) is 5.82 Å². The van der Waals surface area contributed by atoms with Crippen molar-refractivity contribution in [1.29, 1.82) is 5.26 Å². The summed E-state index contributed by atoms with van der Waals surface area (Å²) in [4.78, 5) is 2.03. The Kier molecular flexibility index (Phi) is 5.31. The molecule has 1 aromatic carbocycles. The molecule has 0 atom stereocenters. The van der Waals surface area contributed by atoms with E-state index in [9.17, 15) is 9.65 Å². The highest BCUT2D eigenvalue weighted by Crippen LogP contribution is 2.43. The molecule has 0 bridgehead atoms. The molecule has 142 valence electrons. The van der Waals surface area contributed by atoms with Crippen LogP contribution in [0.1, 0.15) is 36.5 Å². The van der Waals surface area contributed by atoms with Gasteiger partial charge in [-0.05, 0) is 42.7 Å². The Labute approximate surface area is 167 Å². The monoisotopic (exact) mass is 393 g/mol. The number of hydrogen-bond acceptors (Lipinski definition) is 5. The van der Waals surface area contributed by atoms with Crippen LogP contribution in [0.5, 0.6) is 0 Å². The van der Waals surface area contributed by atoms with Crippen LogP contribution in [0.25, 0.3) is 11.3 Å². The topological polar surface area (TPSA) is 57.7 Å². The molecule has 0 unspecified atom stereocenters. The van der Waals surface area contributed by atoms with Crippen LogP contribution in [-0.4, -0.2) is 26.2 Å². The lowest BCUT2D eigenvalue weighted by Crippen LogP contribution is -2.18. The largest absolute Gasteiger partial charge is 0.330 e. The first-order valence-corrected chi connectivity index (χ1v) is 10.2. The molecule has 0 spiro atoms. The molecule has 2 aliphatic rings. The van der Waals surface area contributed by atoms with Crippen molar-refractivity contribution < 1.29 is 4.39 Å². The van der Waals surface area contributed by atoms with E-state index < -0.39 is 0 Å². The van der Waals surface area contributed by atoms with Crippen molar-refractivity contribution in [1.82, 2.24) is 19.7 Å². The third kappa shape index (κ3) is 3.36. The Morgan fingerprint density at radius 3 is 2.82 bits per heavy atom. The zero-order chi connectivity index (χ0) is 19.5. The maximum absolute atomic E-state index is 13.3. The average Bonchev–Trinajstić information content (AvgIpc) is 3.21. The predicted molar refractivity (Wildman–Crippen MR) is 109 cm³/mol. The van der Waals surface area contributed by atoms with Gasteiger partial charge in [0.2, 0.25) is 0 Å². The number of hydrogen-bond donors (Lipinski definition) is 0. The number of aromatic nitrogens is 3. The molecule has 0 amide bonds. The fourth-order valence-electron chi connectivity index (χ4n) is 3.56. The van der Waals surface area contributed by atoms with E-state index in [2.05, 4.69) is 27.4 Å². The number of aryl methyl sites for hydroxylation is 1. The number of benzene rings is 1. The van der Waals surface area contributed by atoms with Gasteiger partial charge in [-0.25, -0.2) is 4.39 Å². The quantitative estimate of drug-likeness (QED) is 0.563. The number of rotatable bonds is 4. The zero-order valence-electron chi connectivity index (χ0n) is 15.4. The number of fused-ring (bicyclic) bond motifs is 1. The Balaban J connectivity index is 1.77. The molecule has 0 radical (unpaired) electrons. The molecule has 5 nitrogen and oxygen atoms in total. The molecule has 3 heterocycles. The standard InChI is InChI=1S/C21H20FN5S/c1-2-11-26-18(15-7-9-16(22)10-8-15)14-28-21(26)17(13-23)20-25-24-19-6-4-3-5-12-27(19)20/h2,7-10,14H,1,3-6,11-12H2/b21-17-. The summed E-state index contributed by atoms with van der Waals surface area (Å²) in [6, 6.07) is 8.73. The van der Waals surface area contributed by atoms with Crippen molar-refractivity contribution in [3.8, 4) is 6.07 Å². The van der Waals surface area contributed by atoms with E-state index in [0.29, 0.717) is 17.9 Å². The highest BCUT2D eigenvalue weighted by Gasteiger charge is 2.28. The molecule has 1 aromatic heterocycles. The Morgan fingerprint density at radius 2 is 2.07 bits per heavy atom. The Bertz CT molecular complexity index is 997. The maximum Gasteiger partial charge on any atom is 0.177 e. The van der Waals surface area contributed by atoms with Gasteiger partial charge in [-0.15, -0.1) is 16.8 Å². The minimum absolute atomic E-state index is 0.273. The third-order valence-electron chi connectivity index (χ3n) is 4.93. The van der Waals surface area contributed by atoms with Crippen LogP contribution in [0.15, 0.2) is 47.4 Å². The van der Waals surface area contributed by atoms with Crippen LogP contribution >= 0.6 is 11.8 Å². The van der Waals surface area contributed by atoms with Gasteiger partial charge >= 0.3 is 0 Å². The molecule has 0 fully saturated rings. The summed E-state index contributed by atoms with van der Waals surface area (Å²) in [7, 11) is 0. The fourth-order valence-corrected chi connectivity index (χ4v) is 4.60. The zero-order valence-corrected chi connectivity index (χ0v) is 16.3. The molecule has 7 heteroatoms. The van der Waals surface area contributed by atoms with Crippen LogP contribution < -0.4 is 0 Å². The van der Waals surface area contributed by atoms with E-state index in [0.717, 1.165) is 54.3 Å². The van der Waals surface area contributed by atoms with E-state index in [-0.39, 0.29) is 5.82 Å². The molecule has 2 aromatic rings. The van der Waals surface area contributed by atoms with E-state index in [1.165, 1.54) is 23.9 Å². The molecule has 28 heavy (non-hydrogen) atoms. The summed E-state index contributed by atoms with van der Waals surface area (Å²) >= 11 is 1.48. The van der Waals surface area contributed by atoms with Gasteiger partial charge in [0.1, 0.15) is 28.3 Å². The van der Waals surface area contributed by atoms with Gasteiger partial charge in [0.25, 0.3) is 0 Å². The lowest BCUT2D eigenvalue weighted by Gasteiger charge is -2.23. The van der Waals surface area contributed by atoms with E-state index >= 15 is 0 Å². The van der Waals surface area contributed by atoms with Crippen molar-refractivity contribution >= 4 is 23.0 Å². The number of thioether (sulfide) groups is 1. The van der Waals surface area contributed by atoms with Crippen molar-refractivity contribution in [2.24, 2.45) is 0 Å². The van der Waals surface area contributed by atoms with E-state index in [1.807, 2.05) is 10.3 Å². The molecule has 0 saturated carbocycles. The van der Waals surface area contributed by atoms with E-state index in [1.54, 1.807) is 18.2 Å². The lowest BCUT2D eigenvalue weighted by atomic mass is 10.1. The number of halogens is 1. The van der Waals surface area contributed by atoms with Crippen molar-refractivity contribution in [3.05, 3.63) is 70.4 Å². The SMILES string of the molecule is C=CCN1C(c2ccc(F)cc2)=CS/C1=C(/C#N)c1nnc2n1CCCCC2. The van der Waals surface area contributed by atoms with E-state index in [4.69, 9.17) is 0 Å². The highest BCUT2D eigenvalue weighted by molar-refractivity contribution is 8.06. The van der Waals surface area contributed by atoms with Gasteiger partial charge in [-0.3, -0.25) is 0 Å². The molecule has 2 aliphatic heterocycles. The van der Waals surface area contributed by atoms with Crippen molar-refractivity contribution in [3.63, 3.8) is 0 Å². The summed E-state index contributed by atoms with van der Waals surface area (Å²) in [5.74, 6) is 1.31. The molecular weight excluding hydrogens is 373 g/mol. The maximum atomic E-state index is 13.3. The minimum Gasteiger partial charge on any atom is -0.330 e. The van der Waals surface area contributed by atoms with Gasteiger partial charge in [0, 0.05) is 24.9 Å². The predicted octanol–water partition coefficient (Wildman–Crippen LogP) is 4.57. The molecule has 0 aliphatic carbocycles. The van der Waals surface area contributed by atoms with Crippen LogP contribution in [0.2, 0.25) is 0 Å². The third-order valence-corrected chi connectivity index (χ3v) is 5.92. The average molecular weight is 393 g/mol. The second-order valence-electron chi connectivity index (χ2n) is 6.72. The summed E-state index contributed by atoms with van der Waals surface area (Å²) < 4.78 is 15.4. The molecule has 0 N–H and O–H groups in total. The molecular formula is C21H20FN5S. The van der Waals surface area contributed by atoms with Crippen LogP contribution in [0.4, 0.5) is 4.39 Å². The second kappa shape index (κ2) is 8.03. The van der Waals surface area contributed by atoms with Crippen molar-refractivity contribution in [2.75, 3.05) is 6.54 Å². The highest BCUT2D eigenvalue weighted by atomic mass is 32.2. The first-order chi connectivity index (χ1) is 13.7. The summed E-state index contributed by atoms with van der Waals surface area (Å²) in [6.07, 6.45) is 6.01. The van der Waals surface area contributed by atoms with Crippen LogP contribution in [0.3, 0.4) is 0 Å². The van der Waals surface area contributed by atoms with Gasteiger partial charge in [-0.2, -0.15) is 5.26 Å². The Hall–Kier alpha value is -2.85. The number of nitriles is 1. The summed E-state index contributed by atoms with van der Waals surface area (Å²) in [5, 5.41) is 21.5. The summed E-state index contributed by atoms with van der Waals surface area (Å²) in [5.41, 5.74) is 2.33. The van der Waals surface area contributed by atoms with Crippen LogP contribution in [0, 0.1) is 17.1 Å². The normalized spacial score (nSPS) is 18.1. The number of nitrogens with zero attached hydrogens (tertiary/aromatic N) is 5. The summed E-state index contributed by atoms with van der Waals surface area (Å²) in [6.45, 7) is 5.23. The minimum atomic E-state index is -0.273. The fraction of sp³-hybridized carbons (Fsp3) is 0.286. The lowest BCUT2D eigenvalue weighted by molar-refractivity contribution is 0.585. The Morgan fingerprint density at radius 1 is 1.25 bits per heavy atom.